The van der Waals surface area contributed by atoms with Crippen molar-refractivity contribution in [3.8, 4) is 0 Å². The molecule has 1 aromatic rings. The van der Waals surface area contributed by atoms with Gasteiger partial charge in [-0.15, -0.1) is 0 Å². The molecule has 0 saturated heterocycles. The third-order valence-electron chi connectivity index (χ3n) is 4.95. The molecule has 1 aliphatic carbocycles. The molecular formula is C16H26N2O2S. The summed E-state index contributed by atoms with van der Waals surface area (Å²) in [7, 11) is -3.45. The number of benzene rings is 1. The Labute approximate surface area is 128 Å². The quantitative estimate of drug-likeness (QED) is 0.811. The van der Waals surface area contributed by atoms with E-state index in [-0.39, 0.29) is 5.41 Å². The largest absolute Gasteiger partial charge is 0.330 e. The third kappa shape index (κ3) is 3.47. The second-order valence-electron chi connectivity index (χ2n) is 6.02. The van der Waals surface area contributed by atoms with Gasteiger partial charge in [0.05, 0.1) is 4.90 Å². The summed E-state index contributed by atoms with van der Waals surface area (Å²) in [5, 5.41) is 0. The molecule has 5 heteroatoms. The molecular weight excluding hydrogens is 284 g/mol. The smallest absolute Gasteiger partial charge is 0.240 e. The first-order valence-electron chi connectivity index (χ1n) is 7.78. The molecule has 0 aliphatic heterocycles. The molecule has 0 fully saturated rings. The first kappa shape index (κ1) is 16.5. The van der Waals surface area contributed by atoms with Crippen molar-refractivity contribution >= 4 is 10.0 Å². The van der Waals surface area contributed by atoms with Gasteiger partial charge in [0.25, 0.3) is 0 Å². The van der Waals surface area contributed by atoms with E-state index >= 15 is 0 Å². The lowest BCUT2D eigenvalue weighted by Crippen LogP contribution is -2.41. The number of fused-ring (bicyclic) bond motifs is 1. The molecule has 3 N–H and O–H groups in total. The summed E-state index contributed by atoms with van der Waals surface area (Å²) in [5.74, 6) is 0. The summed E-state index contributed by atoms with van der Waals surface area (Å²) in [6.07, 6.45) is 4.90. The van der Waals surface area contributed by atoms with Crippen molar-refractivity contribution in [2.45, 2.75) is 50.8 Å². The highest BCUT2D eigenvalue weighted by molar-refractivity contribution is 7.89. The van der Waals surface area contributed by atoms with Crippen molar-refractivity contribution in [2.24, 2.45) is 11.1 Å². The highest BCUT2D eigenvalue weighted by atomic mass is 32.2. The van der Waals surface area contributed by atoms with Gasteiger partial charge in [0.1, 0.15) is 0 Å². The van der Waals surface area contributed by atoms with Crippen LogP contribution in [-0.2, 0) is 22.9 Å². The number of nitrogens with one attached hydrogen (secondary N) is 1. The maximum atomic E-state index is 12.5. The van der Waals surface area contributed by atoms with Gasteiger partial charge in [-0.25, -0.2) is 13.1 Å². The average molecular weight is 310 g/mol. The first-order valence-corrected chi connectivity index (χ1v) is 9.26. The zero-order chi connectivity index (χ0) is 15.5. The Bertz CT molecular complexity index is 584. The summed E-state index contributed by atoms with van der Waals surface area (Å²) in [5.41, 5.74) is 8.15. The maximum Gasteiger partial charge on any atom is 0.240 e. The highest BCUT2D eigenvalue weighted by Crippen LogP contribution is 2.26. The van der Waals surface area contributed by atoms with Crippen molar-refractivity contribution in [2.75, 3.05) is 13.1 Å². The lowest BCUT2D eigenvalue weighted by molar-refractivity contribution is 0.275. The van der Waals surface area contributed by atoms with E-state index < -0.39 is 10.0 Å². The van der Waals surface area contributed by atoms with E-state index in [4.69, 9.17) is 5.73 Å². The zero-order valence-corrected chi connectivity index (χ0v) is 13.8. The number of rotatable bonds is 7. The fourth-order valence-corrected chi connectivity index (χ4v) is 4.12. The van der Waals surface area contributed by atoms with Gasteiger partial charge in [-0.05, 0) is 67.3 Å². The predicted octanol–water partition coefficient (Wildman–Crippen LogP) is 2.22. The van der Waals surface area contributed by atoms with Crippen LogP contribution in [-0.4, -0.2) is 21.5 Å². The Kier molecular flexibility index (Phi) is 5.07. The monoisotopic (exact) mass is 310 g/mol. The van der Waals surface area contributed by atoms with Crippen LogP contribution in [0.1, 0.15) is 44.2 Å². The summed E-state index contributed by atoms with van der Waals surface area (Å²) >= 11 is 0. The molecule has 0 unspecified atom stereocenters. The van der Waals surface area contributed by atoms with Crippen LogP contribution >= 0.6 is 0 Å². The van der Waals surface area contributed by atoms with Crippen LogP contribution in [0.2, 0.25) is 0 Å². The maximum absolute atomic E-state index is 12.5. The van der Waals surface area contributed by atoms with Crippen LogP contribution in [0, 0.1) is 5.41 Å². The molecule has 1 aromatic carbocycles. The molecule has 0 aromatic heterocycles. The molecule has 0 radical (unpaired) electrons. The average Bonchev–Trinajstić information content (AvgIpc) is 2.96. The second kappa shape index (κ2) is 6.46. The minimum atomic E-state index is -3.45. The predicted molar refractivity (Wildman–Crippen MR) is 85.7 cm³/mol. The van der Waals surface area contributed by atoms with Gasteiger partial charge in [-0.3, -0.25) is 0 Å². The summed E-state index contributed by atoms with van der Waals surface area (Å²) in [6.45, 7) is 5.00. The van der Waals surface area contributed by atoms with Crippen molar-refractivity contribution in [3.63, 3.8) is 0 Å². The van der Waals surface area contributed by atoms with Crippen LogP contribution in [0.5, 0.6) is 0 Å². The molecule has 0 spiro atoms. The second-order valence-corrected chi connectivity index (χ2v) is 7.79. The van der Waals surface area contributed by atoms with E-state index in [2.05, 4.69) is 18.6 Å². The summed E-state index contributed by atoms with van der Waals surface area (Å²) < 4.78 is 27.7. The van der Waals surface area contributed by atoms with Gasteiger partial charge in [0.15, 0.2) is 0 Å². The zero-order valence-electron chi connectivity index (χ0n) is 13.0. The van der Waals surface area contributed by atoms with Crippen molar-refractivity contribution in [3.05, 3.63) is 29.3 Å². The molecule has 1 aliphatic rings. The van der Waals surface area contributed by atoms with Gasteiger partial charge in [-0.2, -0.15) is 0 Å². The van der Waals surface area contributed by atoms with E-state index in [1.54, 1.807) is 6.07 Å². The molecule has 0 saturated carbocycles. The molecule has 21 heavy (non-hydrogen) atoms. The van der Waals surface area contributed by atoms with Gasteiger partial charge >= 0.3 is 0 Å². The lowest BCUT2D eigenvalue weighted by Gasteiger charge is -2.30. The molecule has 4 nitrogen and oxygen atoms in total. The van der Waals surface area contributed by atoms with Crippen LogP contribution in [0.4, 0.5) is 0 Å². The third-order valence-corrected chi connectivity index (χ3v) is 6.35. The van der Waals surface area contributed by atoms with Crippen molar-refractivity contribution in [1.82, 2.24) is 4.72 Å². The molecule has 0 heterocycles. The van der Waals surface area contributed by atoms with Gasteiger partial charge in [-0.1, -0.05) is 19.9 Å². The Balaban J connectivity index is 2.15. The fraction of sp³-hybridized carbons (Fsp3) is 0.625. The van der Waals surface area contributed by atoms with Gasteiger partial charge in [0.2, 0.25) is 10.0 Å². The number of aryl methyl sites for hydroxylation is 2. The Morgan fingerprint density at radius 2 is 1.86 bits per heavy atom. The molecule has 0 amide bonds. The number of nitrogens with two attached hydrogens (primary N) is 1. The first-order chi connectivity index (χ1) is 9.96. The van der Waals surface area contributed by atoms with E-state index in [0.29, 0.717) is 18.0 Å². The van der Waals surface area contributed by atoms with Crippen LogP contribution < -0.4 is 10.5 Å². The molecule has 2 rings (SSSR count). The standard InChI is InChI=1S/C16H26N2O2S/c1-3-16(4-2,11-17)12-18-21(19,20)15-9-8-13-6-5-7-14(13)10-15/h8-10,18H,3-7,11-12,17H2,1-2H3. The highest BCUT2D eigenvalue weighted by Gasteiger charge is 2.27. The van der Waals surface area contributed by atoms with E-state index in [9.17, 15) is 8.42 Å². The van der Waals surface area contributed by atoms with Gasteiger partial charge in [0, 0.05) is 6.54 Å². The summed E-state index contributed by atoms with van der Waals surface area (Å²) in [6, 6.07) is 5.49. The van der Waals surface area contributed by atoms with E-state index in [1.807, 2.05) is 12.1 Å². The topological polar surface area (TPSA) is 72.2 Å². The van der Waals surface area contributed by atoms with Crippen LogP contribution in [0.15, 0.2) is 23.1 Å². The van der Waals surface area contributed by atoms with Crippen LogP contribution in [0.3, 0.4) is 0 Å². The van der Waals surface area contributed by atoms with Crippen molar-refractivity contribution in [1.29, 1.82) is 0 Å². The van der Waals surface area contributed by atoms with Crippen molar-refractivity contribution < 1.29 is 8.42 Å². The van der Waals surface area contributed by atoms with Crippen LogP contribution in [0.25, 0.3) is 0 Å². The molecule has 118 valence electrons. The minimum Gasteiger partial charge on any atom is -0.330 e. The molecule has 0 bridgehead atoms. The number of sulfonamides is 1. The minimum absolute atomic E-state index is 0.149. The Morgan fingerprint density at radius 3 is 2.48 bits per heavy atom. The lowest BCUT2D eigenvalue weighted by atomic mass is 9.83. The van der Waals surface area contributed by atoms with Gasteiger partial charge < -0.3 is 5.73 Å². The van der Waals surface area contributed by atoms with E-state index in [0.717, 1.165) is 32.1 Å². The normalized spacial score (nSPS) is 15.2. The number of hydrogen-bond acceptors (Lipinski definition) is 3. The summed E-state index contributed by atoms with van der Waals surface area (Å²) in [4.78, 5) is 0.376. The SMILES string of the molecule is CCC(CC)(CN)CNS(=O)(=O)c1ccc2c(c1)CCC2. The Morgan fingerprint density at radius 1 is 1.19 bits per heavy atom. The van der Waals surface area contributed by atoms with E-state index in [1.165, 1.54) is 11.1 Å². The Hall–Kier alpha value is -0.910. The molecule has 0 atom stereocenters. The number of hydrogen-bond donors (Lipinski definition) is 2. The fourth-order valence-electron chi connectivity index (χ4n) is 2.91.